The summed E-state index contributed by atoms with van der Waals surface area (Å²) in [7, 11) is 0. The molecule has 72 valence electrons. The highest BCUT2D eigenvalue weighted by atomic mass is 19.1. The molecule has 0 saturated heterocycles. The highest BCUT2D eigenvalue weighted by molar-refractivity contribution is 5.27. The van der Waals surface area contributed by atoms with E-state index in [0.717, 1.165) is 5.56 Å². The molecule has 0 fully saturated rings. The van der Waals surface area contributed by atoms with Crippen LogP contribution < -0.4 is 5.73 Å². The van der Waals surface area contributed by atoms with Crippen LogP contribution in [-0.2, 0) is 0 Å². The summed E-state index contributed by atoms with van der Waals surface area (Å²) in [5.41, 5.74) is 6.93. The highest BCUT2D eigenvalue weighted by Crippen LogP contribution is 2.19. The van der Waals surface area contributed by atoms with E-state index in [4.69, 9.17) is 5.73 Å². The van der Waals surface area contributed by atoms with Gasteiger partial charge in [0.25, 0.3) is 0 Å². The van der Waals surface area contributed by atoms with E-state index < -0.39 is 12.1 Å². The third kappa shape index (κ3) is 2.26. The molecule has 1 aromatic carbocycles. The molecule has 0 unspecified atom stereocenters. The number of aliphatic hydroxyl groups excluding tert-OH is 1. The lowest BCUT2D eigenvalue weighted by Crippen LogP contribution is -2.24. The second kappa shape index (κ2) is 3.85. The largest absolute Gasteiger partial charge is 0.391 e. The van der Waals surface area contributed by atoms with E-state index in [1.54, 1.807) is 19.1 Å². The first-order valence-electron chi connectivity index (χ1n) is 4.22. The van der Waals surface area contributed by atoms with Crippen molar-refractivity contribution in [2.24, 2.45) is 5.73 Å². The van der Waals surface area contributed by atoms with Crippen molar-refractivity contribution in [3.8, 4) is 0 Å². The van der Waals surface area contributed by atoms with Crippen LogP contribution in [-0.4, -0.2) is 11.2 Å². The summed E-state index contributed by atoms with van der Waals surface area (Å²) in [5.74, 6) is -0.362. The molecule has 0 bridgehead atoms. The SMILES string of the molecule is Cc1ccc(F)c([C@@H](N)[C@@H](C)O)c1. The van der Waals surface area contributed by atoms with Gasteiger partial charge in [-0.3, -0.25) is 0 Å². The maximum absolute atomic E-state index is 13.2. The van der Waals surface area contributed by atoms with Crippen LogP contribution in [0.15, 0.2) is 18.2 Å². The predicted molar refractivity (Wildman–Crippen MR) is 49.7 cm³/mol. The van der Waals surface area contributed by atoms with Crippen molar-refractivity contribution in [3.63, 3.8) is 0 Å². The standard InChI is InChI=1S/C10H14FNO/c1-6-3-4-9(11)8(5-6)10(12)7(2)13/h3-5,7,10,13H,12H2,1-2H3/t7-,10+/m1/s1. The fraction of sp³-hybridized carbons (Fsp3) is 0.400. The van der Waals surface area contributed by atoms with Crippen molar-refractivity contribution in [1.29, 1.82) is 0 Å². The monoisotopic (exact) mass is 183 g/mol. The van der Waals surface area contributed by atoms with Gasteiger partial charge in [0.1, 0.15) is 5.82 Å². The normalized spacial score (nSPS) is 15.5. The Hall–Kier alpha value is -0.930. The van der Waals surface area contributed by atoms with E-state index in [9.17, 15) is 9.50 Å². The molecule has 0 amide bonds. The molecule has 0 aliphatic rings. The molecular formula is C10H14FNO. The molecular weight excluding hydrogens is 169 g/mol. The Morgan fingerprint density at radius 1 is 1.46 bits per heavy atom. The molecule has 13 heavy (non-hydrogen) atoms. The summed E-state index contributed by atoms with van der Waals surface area (Å²) in [6.07, 6.45) is -0.740. The number of aryl methyl sites for hydroxylation is 1. The minimum absolute atomic E-state index is 0.362. The van der Waals surface area contributed by atoms with Gasteiger partial charge in [-0.15, -0.1) is 0 Å². The van der Waals surface area contributed by atoms with Crippen LogP contribution >= 0.6 is 0 Å². The Kier molecular flexibility index (Phi) is 3.01. The summed E-state index contributed by atoms with van der Waals surface area (Å²) in [4.78, 5) is 0. The Bertz CT molecular complexity index is 299. The maximum Gasteiger partial charge on any atom is 0.128 e. The maximum atomic E-state index is 13.2. The molecule has 0 aliphatic heterocycles. The van der Waals surface area contributed by atoms with Gasteiger partial charge in [0, 0.05) is 5.56 Å². The van der Waals surface area contributed by atoms with Gasteiger partial charge < -0.3 is 10.8 Å². The summed E-state index contributed by atoms with van der Waals surface area (Å²) in [6, 6.07) is 4.05. The highest BCUT2D eigenvalue weighted by Gasteiger charge is 2.15. The molecule has 1 aromatic rings. The Morgan fingerprint density at radius 2 is 2.08 bits per heavy atom. The van der Waals surface area contributed by atoms with Crippen molar-refractivity contribution < 1.29 is 9.50 Å². The van der Waals surface area contributed by atoms with Crippen LogP contribution in [0.4, 0.5) is 4.39 Å². The van der Waals surface area contributed by atoms with Crippen LogP contribution in [0.2, 0.25) is 0 Å². The molecule has 1 rings (SSSR count). The number of nitrogens with two attached hydrogens (primary N) is 1. The smallest absolute Gasteiger partial charge is 0.128 e. The number of aliphatic hydroxyl groups is 1. The quantitative estimate of drug-likeness (QED) is 0.730. The Balaban J connectivity index is 3.05. The molecule has 2 atom stereocenters. The lowest BCUT2D eigenvalue weighted by Gasteiger charge is -2.16. The van der Waals surface area contributed by atoms with Crippen molar-refractivity contribution >= 4 is 0 Å². The van der Waals surface area contributed by atoms with Crippen LogP contribution in [0.1, 0.15) is 24.1 Å². The van der Waals surface area contributed by atoms with Crippen LogP contribution in [0.25, 0.3) is 0 Å². The number of halogens is 1. The molecule has 0 aliphatic carbocycles. The van der Waals surface area contributed by atoms with Gasteiger partial charge in [0.05, 0.1) is 12.1 Å². The molecule has 3 N–H and O–H groups in total. The first kappa shape index (κ1) is 10.2. The number of hydrogen-bond acceptors (Lipinski definition) is 2. The molecule has 0 saturated carbocycles. The van der Waals surface area contributed by atoms with Crippen LogP contribution in [0.5, 0.6) is 0 Å². The van der Waals surface area contributed by atoms with Gasteiger partial charge in [-0.05, 0) is 19.9 Å². The first-order valence-corrected chi connectivity index (χ1v) is 4.22. The summed E-state index contributed by atoms with van der Waals surface area (Å²) >= 11 is 0. The summed E-state index contributed by atoms with van der Waals surface area (Å²) in [6.45, 7) is 3.41. The van der Waals surface area contributed by atoms with Crippen LogP contribution in [0.3, 0.4) is 0 Å². The Morgan fingerprint density at radius 3 is 2.62 bits per heavy atom. The van der Waals surface area contributed by atoms with Gasteiger partial charge in [0.15, 0.2) is 0 Å². The molecule has 2 nitrogen and oxygen atoms in total. The predicted octanol–water partition coefficient (Wildman–Crippen LogP) is 1.51. The molecule has 0 aromatic heterocycles. The average Bonchev–Trinajstić information content (AvgIpc) is 2.08. The van der Waals surface area contributed by atoms with E-state index in [0.29, 0.717) is 5.56 Å². The Labute approximate surface area is 77.2 Å². The fourth-order valence-corrected chi connectivity index (χ4v) is 1.18. The number of rotatable bonds is 2. The zero-order chi connectivity index (χ0) is 10.0. The second-order valence-electron chi connectivity index (χ2n) is 3.29. The third-order valence-corrected chi connectivity index (χ3v) is 2.03. The van der Waals surface area contributed by atoms with Crippen LogP contribution in [0, 0.1) is 12.7 Å². The minimum Gasteiger partial charge on any atom is -0.391 e. The van der Waals surface area contributed by atoms with E-state index in [1.807, 2.05) is 6.92 Å². The second-order valence-corrected chi connectivity index (χ2v) is 3.29. The van der Waals surface area contributed by atoms with Gasteiger partial charge >= 0.3 is 0 Å². The summed E-state index contributed by atoms with van der Waals surface area (Å²) < 4.78 is 13.2. The summed E-state index contributed by atoms with van der Waals surface area (Å²) in [5, 5.41) is 9.20. The number of benzene rings is 1. The lowest BCUT2D eigenvalue weighted by atomic mass is 10.0. The zero-order valence-electron chi connectivity index (χ0n) is 7.79. The molecule has 0 spiro atoms. The van der Waals surface area contributed by atoms with E-state index in [2.05, 4.69) is 0 Å². The van der Waals surface area contributed by atoms with Crippen molar-refractivity contribution in [2.45, 2.75) is 26.0 Å². The fourth-order valence-electron chi connectivity index (χ4n) is 1.18. The topological polar surface area (TPSA) is 46.2 Å². The first-order chi connectivity index (χ1) is 6.02. The number of hydrogen-bond donors (Lipinski definition) is 2. The lowest BCUT2D eigenvalue weighted by molar-refractivity contribution is 0.162. The third-order valence-electron chi connectivity index (χ3n) is 2.03. The molecule has 0 heterocycles. The van der Waals surface area contributed by atoms with E-state index in [1.165, 1.54) is 6.07 Å². The van der Waals surface area contributed by atoms with Gasteiger partial charge in [-0.2, -0.15) is 0 Å². The molecule has 0 radical (unpaired) electrons. The van der Waals surface area contributed by atoms with E-state index >= 15 is 0 Å². The van der Waals surface area contributed by atoms with Crippen molar-refractivity contribution in [2.75, 3.05) is 0 Å². The minimum atomic E-state index is -0.740. The van der Waals surface area contributed by atoms with Crippen molar-refractivity contribution in [1.82, 2.24) is 0 Å². The van der Waals surface area contributed by atoms with Gasteiger partial charge in [-0.25, -0.2) is 4.39 Å². The zero-order valence-corrected chi connectivity index (χ0v) is 7.79. The van der Waals surface area contributed by atoms with Gasteiger partial charge in [-0.1, -0.05) is 17.7 Å². The van der Waals surface area contributed by atoms with Crippen molar-refractivity contribution in [3.05, 3.63) is 35.1 Å². The average molecular weight is 183 g/mol. The van der Waals surface area contributed by atoms with Gasteiger partial charge in [0.2, 0.25) is 0 Å². The van der Waals surface area contributed by atoms with E-state index in [-0.39, 0.29) is 5.82 Å². The molecule has 3 heteroatoms.